The van der Waals surface area contributed by atoms with E-state index in [1.165, 1.54) is 0 Å². The summed E-state index contributed by atoms with van der Waals surface area (Å²) in [5, 5.41) is 0. The van der Waals surface area contributed by atoms with E-state index in [0.717, 1.165) is 22.6 Å². The topological polar surface area (TPSA) is 21.6 Å². The molecule has 13 heavy (non-hydrogen) atoms. The SMILES string of the molecule is CN=C(C)c1ccc(OC)c(C)c1. The van der Waals surface area contributed by atoms with Crippen molar-refractivity contribution in [2.75, 3.05) is 14.2 Å². The van der Waals surface area contributed by atoms with E-state index in [2.05, 4.69) is 11.1 Å². The van der Waals surface area contributed by atoms with Gasteiger partial charge in [0.1, 0.15) is 5.75 Å². The predicted octanol–water partition coefficient (Wildman–Crippen LogP) is 2.44. The molecule has 2 nitrogen and oxygen atoms in total. The minimum atomic E-state index is 0.924. The van der Waals surface area contributed by atoms with Crippen molar-refractivity contribution in [1.29, 1.82) is 0 Å². The molecule has 0 radical (unpaired) electrons. The van der Waals surface area contributed by atoms with Gasteiger partial charge in [-0.3, -0.25) is 4.99 Å². The molecule has 0 saturated heterocycles. The summed E-state index contributed by atoms with van der Waals surface area (Å²) in [5.74, 6) is 0.924. The zero-order chi connectivity index (χ0) is 9.84. The number of aryl methyl sites for hydroxylation is 1. The smallest absolute Gasteiger partial charge is 0.121 e. The van der Waals surface area contributed by atoms with Crippen LogP contribution in [0.3, 0.4) is 0 Å². The van der Waals surface area contributed by atoms with Crippen LogP contribution in [0.5, 0.6) is 5.75 Å². The third-order valence-corrected chi connectivity index (χ3v) is 2.15. The Morgan fingerprint density at radius 3 is 2.54 bits per heavy atom. The van der Waals surface area contributed by atoms with Crippen LogP contribution in [0.1, 0.15) is 18.1 Å². The van der Waals surface area contributed by atoms with Gasteiger partial charge in [0.2, 0.25) is 0 Å². The summed E-state index contributed by atoms with van der Waals surface area (Å²) in [6.07, 6.45) is 0. The van der Waals surface area contributed by atoms with Crippen LogP contribution in [-0.2, 0) is 0 Å². The summed E-state index contributed by atoms with van der Waals surface area (Å²) in [4.78, 5) is 4.13. The number of methoxy groups -OCH3 is 1. The molecule has 0 spiro atoms. The molecule has 0 saturated carbocycles. The summed E-state index contributed by atoms with van der Waals surface area (Å²) in [5.41, 5.74) is 3.34. The molecule has 1 aromatic rings. The molecule has 0 aromatic heterocycles. The van der Waals surface area contributed by atoms with E-state index in [-0.39, 0.29) is 0 Å². The van der Waals surface area contributed by atoms with Crippen molar-refractivity contribution < 1.29 is 4.74 Å². The Morgan fingerprint density at radius 1 is 1.38 bits per heavy atom. The summed E-state index contributed by atoms with van der Waals surface area (Å²) in [6.45, 7) is 4.03. The monoisotopic (exact) mass is 177 g/mol. The lowest BCUT2D eigenvalue weighted by Gasteiger charge is -2.06. The van der Waals surface area contributed by atoms with Crippen LogP contribution in [0.2, 0.25) is 0 Å². The number of rotatable bonds is 2. The fourth-order valence-electron chi connectivity index (χ4n) is 1.23. The van der Waals surface area contributed by atoms with Crippen molar-refractivity contribution in [2.24, 2.45) is 4.99 Å². The summed E-state index contributed by atoms with van der Waals surface area (Å²) in [6, 6.07) is 6.08. The molecular formula is C11H15NO. The fourth-order valence-corrected chi connectivity index (χ4v) is 1.23. The third-order valence-electron chi connectivity index (χ3n) is 2.15. The van der Waals surface area contributed by atoms with Crippen molar-refractivity contribution in [1.82, 2.24) is 0 Å². The lowest BCUT2D eigenvalue weighted by Crippen LogP contribution is -1.96. The van der Waals surface area contributed by atoms with Gasteiger partial charge in [0, 0.05) is 12.8 Å². The molecule has 0 aliphatic carbocycles. The molecule has 0 unspecified atom stereocenters. The van der Waals surface area contributed by atoms with Gasteiger partial charge in [-0.15, -0.1) is 0 Å². The molecule has 0 aliphatic rings. The van der Waals surface area contributed by atoms with Crippen LogP contribution in [0.4, 0.5) is 0 Å². The highest BCUT2D eigenvalue weighted by atomic mass is 16.5. The maximum absolute atomic E-state index is 5.17. The predicted molar refractivity (Wildman–Crippen MR) is 55.9 cm³/mol. The van der Waals surface area contributed by atoms with E-state index in [1.54, 1.807) is 14.2 Å². The first-order chi connectivity index (χ1) is 6.19. The Hall–Kier alpha value is -1.31. The summed E-state index contributed by atoms with van der Waals surface area (Å²) in [7, 11) is 3.48. The first-order valence-corrected chi connectivity index (χ1v) is 4.27. The number of benzene rings is 1. The van der Waals surface area contributed by atoms with E-state index in [0.29, 0.717) is 0 Å². The molecule has 70 valence electrons. The molecule has 1 rings (SSSR count). The third kappa shape index (κ3) is 2.08. The van der Waals surface area contributed by atoms with Crippen LogP contribution < -0.4 is 4.74 Å². The van der Waals surface area contributed by atoms with Crippen LogP contribution in [0.15, 0.2) is 23.2 Å². The van der Waals surface area contributed by atoms with Gasteiger partial charge in [0.15, 0.2) is 0 Å². The molecule has 0 heterocycles. The maximum atomic E-state index is 5.17. The lowest BCUT2D eigenvalue weighted by molar-refractivity contribution is 0.411. The summed E-state index contributed by atoms with van der Waals surface area (Å²) < 4.78 is 5.17. The Bertz CT molecular complexity index is 329. The molecule has 0 N–H and O–H groups in total. The maximum Gasteiger partial charge on any atom is 0.121 e. The Labute approximate surface area is 79.3 Å². The van der Waals surface area contributed by atoms with Gasteiger partial charge in [-0.1, -0.05) is 0 Å². The zero-order valence-corrected chi connectivity index (χ0v) is 8.59. The molecule has 0 atom stereocenters. The van der Waals surface area contributed by atoms with Gasteiger partial charge in [-0.2, -0.15) is 0 Å². The second-order valence-electron chi connectivity index (χ2n) is 2.99. The van der Waals surface area contributed by atoms with Gasteiger partial charge in [-0.05, 0) is 43.2 Å². The number of nitrogens with zero attached hydrogens (tertiary/aromatic N) is 1. The van der Waals surface area contributed by atoms with E-state index >= 15 is 0 Å². The van der Waals surface area contributed by atoms with Crippen LogP contribution in [0, 0.1) is 6.92 Å². The zero-order valence-electron chi connectivity index (χ0n) is 8.59. The second-order valence-corrected chi connectivity index (χ2v) is 2.99. The Balaban J connectivity index is 3.10. The largest absolute Gasteiger partial charge is 0.496 e. The van der Waals surface area contributed by atoms with Gasteiger partial charge < -0.3 is 4.74 Å². The fraction of sp³-hybridized carbons (Fsp3) is 0.364. The molecule has 0 bridgehead atoms. The van der Waals surface area contributed by atoms with Crippen LogP contribution in [-0.4, -0.2) is 19.9 Å². The molecule has 0 aliphatic heterocycles. The highest BCUT2D eigenvalue weighted by molar-refractivity contribution is 5.98. The minimum absolute atomic E-state index is 0.924. The Kier molecular flexibility index (Phi) is 3.07. The van der Waals surface area contributed by atoms with Crippen molar-refractivity contribution in [3.8, 4) is 5.75 Å². The quantitative estimate of drug-likeness (QED) is 0.636. The number of aliphatic imine (C=N–C) groups is 1. The molecular weight excluding hydrogens is 162 g/mol. The number of hydrogen-bond acceptors (Lipinski definition) is 2. The van der Waals surface area contributed by atoms with Gasteiger partial charge in [0.05, 0.1) is 7.11 Å². The van der Waals surface area contributed by atoms with E-state index in [9.17, 15) is 0 Å². The van der Waals surface area contributed by atoms with Crippen molar-refractivity contribution in [2.45, 2.75) is 13.8 Å². The number of ether oxygens (including phenoxy) is 1. The van der Waals surface area contributed by atoms with Gasteiger partial charge >= 0.3 is 0 Å². The van der Waals surface area contributed by atoms with E-state index < -0.39 is 0 Å². The normalized spacial score (nSPS) is 11.5. The van der Waals surface area contributed by atoms with E-state index in [4.69, 9.17) is 4.74 Å². The standard InChI is InChI=1S/C11H15NO/c1-8-7-10(9(2)12-3)5-6-11(8)13-4/h5-7H,1-4H3. The van der Waals surface area contributed by atoms with Crippen molar-refractivity contribution >= 4 is 5.71 Å². The van der Waals surface area contributed by atoms with E-state index in [1.807, 2.05) is 26.0 Å². The first-order valence-electron chi connectivity index (χ1n) is 4.27. The number of hydrogen-bond donors (Lipinski definition) is 0. The highest BCUT2D eigenvalue weighted by Gasteiger charge is 2.00. The van der Waals surface area contributed by atoms with Gasteiger partial charge in [0.25, 0.3) is 0 Å². The second kappa shape index (κ2) is 4.08. The first kappa shape index (κ1) is 9.78. The lowest BCUT2D eigenvalue weighted by atomic mass is 10.1. The average Bonchev–Trinajstić information content (AvgIpc) is 2.16. The molecule has 1 aromatic carbocycles. The average molecular weight is 177 g/mol. The molecule has 0 fully saturated rings. The van der Waals surface area contributed by atoms with Crippen LogP contribution >= 0.6 is 0 Å². The van der Waals surface area contributed by atoms with Crippen molar-refractivity contribution in [3.63, 3.8) is 0 Å². The minimum Gasteiger partial charge on any atom is -0.496 e. The summed E-state index contributed by atoms with van der Waals surface area (Å²) >= 11 is 0. The Morgan fingerprint density at radius 2 is 2.08 bits per heavy atom. The van der Waals surface area contributed by atoms with Gasteiger partial charge in [-0.25, -0.2) is 0 Å². The molecule has 2 heteroatoms. The van der Waals surface area contributed by atoms with Crippen molar-refractivity contribution in [3.05, 3.63) is 29.3 Å². The molecule has 0 amide bonds. The highest BCUT2D eigenvalue weighted by Crippen LogP contribution is 2.18. The van der Waals surface area contributed by atoms with Crippen LogP contribution in [0.25, 0.3) is 0 Å².